The van der Waals surface area contributed by atoms with Crippen LogP contribution in [0.2, 0.25) is 0 Å². The number of allylic oxidation sites excluding steroid dienone is 2. The van der Waals surface area contributed by atoms with Crippen LogP contribution >= 0.6 is 0 Å². The molecule has 2 aliphatic rings. The number of hydrazine groups is 1. The molecule has 2 nitrogen and oxygen atoms in total. The predicted octanol–water partition coefficient (Wildman–Crippen LogP) is 3.43. The number of anilines is 1. The summed E-state index contributed by atoms with van der Waals surface area (Å²) in [6, 6.07) is 6.53. The maximum Gasteiger partial charge on any atom is 0.0705 e. The average molecular weight is 210 g/mol. The van der Waals surface area contributed by atoms with Gasteiger partial charge in [-0.2, -0.15) is 0 Å². The van der Waals surface area contributed by atoms with Crippen molar-refractivity contribution in [3.63, 3.8) is 0 Å². The molecule has 1 aromatic carbocycles. The molecule has 0 saturated carbocycles. The molecule has 0 N–H and O–H groups in total. The normalized spacial score (nSPS) is 17.0. The molecule has 0 bridgehead atoms. The summed E-state index contributed by atoms with van der Waals surface area (Å²) in [6.07, 6.45) is 10.6. The summed E-state index contributed by atoms with van der Waals surface area (Å²) in [5.41, 5.74) is 5.06. The van der Waals surface area contributed by atoms with Crippen LogP contribution < -0.4 is 5.01 Å². The highest BCUT2D eigenvalue weighted by Crippen LogP contribution is 2.31. The van der Waals surface area contributed by atoms with E-state index in [1.165, 1.54) is 22.4 Å². The first-order valence-corrected chi connectivity index (χ1v) is 5.47. The molecule has 80 valence electrons. The largest absolute Gasteiger partial charge is 0.264 e. The predicted molar refractivity (Wildman–Crippen MR) is 67.4 cm³/mol. The molecule has 0 saturated heterocycles. The number of benzene rings is 1. The number of hydrogen-bond acceptors (Lipinski definition) is 2. The zero-order chi connectivity index (χ0) is 11.1. The first-order valence-electron chi connectivity index (χ1n) is 5.47. The van der Waals surface area contributed by atoms with Crippen LogP contribution in [0.4, 0.5) is 5.69 Å². The molecular formula is C14H14N2. The van der Waals surface area contributed by atoms with Crippen molar-refractivity contribution < 1.29 is 0 Å². The third-order valence-corrected chi connectivity index (χ3v) is 2.90. The topological polar surface area (TPSA) is 6.48 Å². The standard InChI is InChI=1S/C14H14N2/c1-11-3-4-13-6-8-15-7-5-12(2)10-16(15)14(13)9-11/h3-10H,1-2H3. The van der Waals surface area contributed by atoms with Crippen molar-refractivity contribution in [2.24, 2.45) is 0 Å². The molecule has 3 rings (SSSR count). The Morgan fingerprint density at radius 3 is 2.69 bits per heavy atom. The molecule has 2 heterocycles. The molecule has 0 aliphatic carbocycles. The van der Waals surface area contributed by atoms with E-state index in [0.717, 1.165) is 0 Å². The Balaban J connectivity index is 2.15. The zero-order valence-electron chi connectivity index (χ0n) is 9.51. The lowest BCUT2D eigenvalue weighted by Crippen LogP contribution is -2.34. The van der Waals surface area contributed by atoms with Crippen molar-refractivity contribution in [1.82, 2.24) is 5.01 Å². The van der Waals surface area contributed by atoms with E-state index in [1.807, 2.05) is 0 Å². The van der Waals surface area contributed by atoms with Gasteiger partial charge < -0.3 is 0 Å². The van der Waals surface area contributed by atoms with Crippen molar-refractivity contribution in [3.8, 4) is 0 Å². The minimum Gasteiger partial charge on any atom is -0.264 e. The highest BCUT2D eigenvalue weighted by atomic mass is 15.6. The molecule has 0 radical (unpaired) electrons. The van der Waals surface area contributed by atoms with Crippen LogP contribution in [0, 0.1) is 6.92 Å². The van der Waals surface area contributed by atoms with Crippen molar-refractivity contribution in [3.05, 3.63) is 59.6 Å². The number of fused-ring (bicyclic) bond motifs is 3. The Morgan fingerprint density at radius 1 is 1.00 bits per heavy atom. The van der Waals surface area contributed by atoms with Gasteiger partial charge in [0.05, 0.1) is 5.69 Å². The quantitative estimate of drug-likeness (QED) is 0.647. The Labute approximate surface area is 95.8 Å². The summed E-state index contributed by atoms with van der Waals surface area (Å²) >= 11 is 0. The summed E-state index contributed by atoms with van der Waals surface area (Å²) in [4.78, 5) is 0. The number of aryl methyl sites for hydroxylation is 1. The van der Waals surface area contributed by atoms with Gasteiger partial charge in [0, 0.05) is 24.2 Å². The molecule has 2 heteroatoms. The molecule has 0 amide bonds. The Kier molecular flexibility index (Phi) is 1.90. The highest BCUT2D eigenvalue weighted by Gasteiger charge is 2.18. The first kappa shape index (κ1) is 9.28. The lowest BCUT2D eigenvalue weighted by atomic mass is 10.1. The van der Waals surface area contributed by atoms with Crippen LogP contribution in [0.25, 0.3) is 6.08 Å². The van der Waals surface area contributed by atoms with Crippen molar-refractivity contribution >= 4 is 11.8 Å². The molecule has 0 unspecified atom stereocenters. The van der Waals surface area contributed by atoms with Gasteiger partial charge in [-0.3, -0.25) is 10.0 Å². The van der Waals surface area contributed by atoms with E-state index < -0.39 is 0 Å². The summed E-state index contributed by atoms with van der Waals surface area (Å²) in [5.74, 6) is 0. The third-order valence-electron chi connectivity index (χ3n) is 2.90. The second-order valence-electron chi connectivity index (χ2n) is 4.29. The SMILES string of the molecule is CC1=CN2c3cc(C)ccc3C=CN2C=C1. The van der Waals surface area contributed by atoms with Gasteiger partial charge in [-0.25, -0.2) is 0 Å². The van der Waals surface area contributed by atoms with Crippen LogP contribution in [0.15, 0.2) is 48.4 Å². The van der Waals surface area contributed by atoms with Crippen LogP contribution in [-0.2, 0) is 0 Å². The van der Waals surface area contributed by atoms with Gasteiger partial charge in [-0.15, -0.1) is 0 Å². The van der Waals surface area contributed by atoms with Gasteiger partial charge in [0.2, 0.25) is 0 Å². The van der Waals surface area contributed by atoms with E-state index in [9.17, 15) is 0 Å². The highest BCUT2D eigenvalue weighted by molar-refractivity contribution is 5.72. The molecule has 1 aromatic rings. The molecule has 16 heavy (non-hydrogen) atoms. The maximum atomic E-state index is 2.22. The fraction of sp³-hybridized carbons (Fsp3) is 0.143. The summed E-state index contributed by atoms with van der Waals surface area (Å²) in [6.45, 7) is 4.24. The van der Waals surface area contributed by atoms with E-state index in [0.29, 0.717) is 0 Å². The van der Waals surface area contributed by atoms with Gasteiger partial charge >= 0.3 is 0 Å². The lowest BCUT2D eigenvalue weighted by Gasteiger charge is -2.37. The Hall–Kier alpha value is -1.96. The summed E-state index contributed by atoms with van der Waals surface area (Å²) in [5, 5.41) is 4.27. The Morgan fingerprint density at radius 2 is 1.81 bits per heavy atom. The third kappa shape index (κ3) is 1.34. The van der Waals surface area contributed by atoms with E-state index in [-0.39, 0.29) is 0 Å². The van der Waals surface area contributed by atoms with Crippen LogP contribution in [0.3, 0.4) is 0 Å². The zero-order valence-corrected chi connectivity index (χ0v) is 9.51. The minimum atomic E-state index is 1.24. The van der Waals surface area contributed by atoms with Gasteiger partial charge in [-0.05, 0) is 43.2 Å². The van der Waals surface area contributed by atoms with Gasteiger partial charge in [0.25, 0.3) is 0 Å². The molecule has 0 spiro atoms. The number of rotatable bonds is 0. The minimum absolute atomic E-state index is 1.24. The second-order valence-corrected chi connectivity index (χ2v) is 4.29. The maximum absolute atomic E-state index is 2.22. The van der Waals surface area contributed by atoms with Gasteiger partial charge in [0.1, 0.15) is 0 Å². The van der Waals surface area contributed by atoms with E-state index in [4.69, 9.17) is 0 Å². The lowest BCUT2D eigenvalue weighted by molar-refractivity contribution is 0.502. The summed E-state index contributed by atoms with van der Waals surface area (Å²) in [7, 11) is 0. The monoisotopic (exact) mass is 210 g/mol. The molecule has 0 atom stereocenters. The second kappa shape index (κ2) is 3.27. The fourth-order valence-electron chi connectivity index (χ4n) is 2.03. The van der Waals surface area contributed by atoms with Crippen LogP contribution in [0.5, 0.6) is 0 Å². The fourth-order valence-corrected chi connectivity index (χ4v) is 2.03. The van der Waals surface area contributed by atoms with Crippen molar-refractivity contribution in [1.29, 1.82) is 0 Å². The van der Waals surface area contributed by atoms with E-state index >= 15 is 0 Å². The molecule has 0 fully saturated rings. The number of hydrogen-bond donors (Lipinski definition) is 0. The van der Waals surface area contributed by atoms with E-state index in [1.54, 1.807) is 0 Å². The van der Waals surface area contributed by atoms with E-state index in [2.05, 4.69) is 72.8 Å². The van der Waals surface area contributed by atoms with Gasteiger partial charge in [-0.1, -0.05) is 12.1 Å². The molecule has 2 aliphatic heterocycles. The number of nitrogens with zero attached hydrogens (tertiary/aromatic N) is 2. The van der Waals surface area contributed by atoms with Crippen LogP contribution in [0.1, 0.15) is 18.1 Å². The van der Waals surface area contributed by atoms with Crippen molar-refractivity contribution in [2.75, 3.05) is 5.01 Å². The van der Waals surface area contributed by atoms with Gasteiger partial charge in [0.15, 0.2) is 0 Å². The van der Waals surface area contributed by atoms with Crippen LogP contribution in [-0.4, -0.2) is 5.01 Å². The first-order chi connectivity index (χ1) is 7.74. The summed E-state index contributed by atoms with van der Waals surface area (Å²) < 4.78 is 0. The van der Waals surface area contributed by atoms with Crippen molar-refractivity contribution in [2.45, 2.75) is 13.8 Å². The Bertz CT molecular complexity index is 524. The average Bonchev–Trinajstić information content (AvgIpc) is 2.29. The molecule has 0 aromatic heterocycles. The smallest absolute Gasteiger partial charge is 0.0705 e. The molecular weight excluding hydrogens is 196 g/mol.